The fourth-order valence-electron chi connectivity index (χ4n) is 2.27. The van der Waals surface area contributed by atoms with E-state index in [2.05, 4.69) is 10.3 Å². The molecule has 0 aliphatic rings. The van der Waals surface area contributed by atoms with Crippen LogP contribution < -0.4 is 5.32 Å². The van der Waals surface area contributed by atoms with Gasteiger partial charge in [0.25, 0.3) is 11.8 Å². The Bertz CT molecular complexity index is 709. The molecule has 1 aromatic heterocycles. The molecular weight excluding hydrogens is 290 g/mol. The number of pyridine rings is 1. The van der Waals surface area contributed by atoms with Crippen LogP contribution in [0.3, 0.4) is 0 Å². The SMILES string of the molecule is CCN(CC)C(=O)c1cccc(C(=O)Nc2cccc(C)c2)n1. The predicted molar refractivity (Wildman–Crippen MR) is 90.6 cm³/mol. The number of anilines is 1. The summed E-state index contributed by atoms with van der Waals surface area (Å²) in [6, 6.07) is 12.4. The number of nitrogens with one attached hydrogen (secondary N) is 1. The molecule has 0 unspecified atom stereocenters. The summed E-state index contributed by atoms with van der Waals surface area (Å²) in [5.74, 6) is -0.495. The molecule has 5 heteroatoms. The van der Waals surface area contributed by atoms with Crippen LogP contribution in [0.15, 0.2) is 42.5 Å². The van der Waals surface area contributed by atoms with E-state index in [0.29, 0.717) is 18.8 Å². The van der Waals surface area contributed by atoms with E-state index in [-0.39, 0.29) is 23.2 Å². The van der Waals surface area contributed by atoms with Crippen LogP contribution in [0.2, 0.25) is 0 Å². The van der Waals surface area contributed by atoms with Crippen LogP contribution in [0.5, 0.6) is 0 Å². The second-order valence-electron chi connectivity index (χ2n) is 5.21. The second kappa shape index (κ2) is 7.54. The van der Waals surface area contributed by atoms with Gasteiger partial charge in [0.05, 0.1) is 0 Å². The Hall–Kier alpha value is -2.69. The molecule has 2 aromatic rings. The van der Waals surface area contributed by atoms with Gasteiger partial charge in [-0.25, -0.2) is 4.98 Å². The van der Waals surface area contributed by atoms with E-state index >= 15 is 0 Å². The zero-order chi connectivity index (χ0) is 16.8. The number of benzene rings is 1. The summed E-state index contributed by atoms with van der Waals surface area (Å²) in [6.45, 7) is 7.00. The predicted octanol–water partition coefficient (Wildman–Crippen LogP) is 3.12. The fourth-order valence-corrected chi connectivity index (χ4v) is 2.27. The van der Waals surface area contributed by atoms with Crippen LogP contribution in [0.1, 0.15) is 40.4 Å². The average molecular weight is 311 g/mol. The van der Waals surface area contributed by atoms with E-state index in [1.807, 2.05) is 45.0 Å². The van der Waals surface area contributed by atoms with Gasteiger partial charge in [-0.3, -0.25) is 9.59 Å². The van der Waals surface area contributed by atoms with Gasteiger partial charge in [-0.1, -0.05) is 18.2 Å². The molecule has 1 N–H and O–H groups in total. The maximum absolute atomic E-state index is 12.3. The Balaban J connectivity index is 2.19. The van der Waals surface area contributed by atoms with Crippen LogP contribution in [-0.2, 0) is 0 Å². The highest BCUT2D eigenvalue weighted by Gasteiger charge is 2.16. The Kier molecular flexibility index (Phi) is 5.46. The quantitative estimate of drug-likeness (QED) is 0.923. The molecule has 0 atom stereocenters. The second-order valence-corrected chi connectivity index (χ2v) is 5.21. The lowest BCUT2D eigenvalue weighted by atomic mass is 10.2. The molecule has 2 rings (SSSR count). The first-order valence-electron chi connectivity index (χ1n) is 7.69. The van der Waals surface area contributed by atoms with Crippen molar-refractivity contribution in [3.63, 3.8) is 0 Å². The zero-order valence-corrected chi connectivity index (χ0v) is 13.7. The van der Waals surface area contributed by atoms with E-state index in [4.69, 9.17) is 0 Å². The molecule has 1 aromatic carbocycles. The first-order valence-corrected chi connectivity index (χ1v) is 7.69. The summed E-state index contributed by atoms with van der Waals surface area (Å²) in [5, 5.41) is 2.80. The van der Waals surface area contributed by atoms with E-state index in [1.165, 1.54) is 0 Å². The van der Waals surface area contributed by atoms with Crippen molar-refractivity contribution in [3.05, 3.63) is 59.4 Å². The van der Waals surface area contributed by atoms with Gasteiger partial charge in [0.15, 0.2) is 0 Å². The molecule has 0 aliphatic heterocycles. The number of aryl methyl sites for hydroxylation is 1. The molecular formula is C18H21N3O2. The van der Waals surface area contributed by atoms with Crippen LogP contribution in [0.4, 0.5) is 5.69 Å². The monoisotopic (exact) mass is 311 g/mol. The average Bonchev–Trinajstić information content (AvgIpc) is 2.56. The van der Waals surface area contributed by atoms with Gasteiger partial charge >= 0.3 is 0 Å². The third-order valence-corrected chi connectivity index (χ3v) is 3.53. The number of nitrogens with zero attached hydrogens (tertiary/aromatic N) is 2. The molecule has 120 valence electrons. The van der Waals surface area contributed by atoms with Gasteiger partial charge < -0.3 is 10.2 Å². The molecule has 1 heterocycles. The molecule has 5 nitrogen and oxygen atoms in total. The molecule has 2 amide bonds. The molecule has 0 bridgehead atoms. The van der Waals surface area contributed by atoms with Crippen molar-refractivity contribution in [2.24, 2.45) is 0 Å². The summed E-state index contributed by atoms with van der Waals surface area (Å²) in [4.78, 5) is 30.5. The molecule has 0 saturated carbocycles. The van der Waals surface area contributed by atoms with Crippen LogP contribution in [-0.4, -0.2) is 34.8 Å². The van der Waals surface area contributed by atoms with Crippen molar-refractivity contribution in [1.29, 1.82) is 0 Å². The Morgan fingerprint density at radius 3 is 2.35 bits per heavy atom. The molecule has 0 spiro atoms. The van der Waals surface area contributed by atoms with Gasteiger partial charge in [0.1, 0.15) is 11.4 Å². The first kappa shape index (κ1) is 16.7. The Morgan fingerprint density at radius 2 is 1.70 bits per heavy atom. The molecule has 0 radical (unpaired) electrons. The molecule has 0 fully saturated rings. The normalized spacial score (nSPS) is 10.2. The zero-order valence-electron chi connectivity index (χ0n) is 13.7. The van der Waals surface area contributed by atoms with Crippen molar-refractivity contribution in [3.8, 4) is 0 Å². The van der Waals surface area contributed by atoms with Gasteiger partial charge in [0.2, 0.25) is 0 Å². The largest absolute Gasteiger partial charge is 0.338 e. The topological polar surface area (TPSA) is 62.3 Å². The van der Waals surface area contributed by atoms with E-state index in [9.17, 15) is 9.59 Å². The number of carbonyl (C=O) groups excluding carboxylic acids is 2. The van der Waals surface area contributed by atoms with Crippen molar-refractivity contribution in [2.45, 2.75) is 20.8 Å². The summed E-state index contributed by atoms with van der Waals surface area (Å²) < 4.78 is 0. The minimum absolute atomic E-state index is 0.166. The van der Waals surface area contributed by atoms with E-state index < -0.39 is 0 Å². The van der Waals surface area contributed by atoms with Crippen LogP contribution in [0.25, 0.3) is 0 Å². The van der Waals surface area contributed by atoms with Crippen LogP contribution >= 0.6 is 0 Å². The summed E-state index contributed by atoms with van der Waals surface area (Å²) in [6.07, 6.45) is 0. The van der Waals surface area contributed by atoms with Crippen molar-refractivity contribution in [1.82, 2.24) is 9.88 Å². The molecule has 0 saturated heterocycles. The third kappa shape index (κ3) is 4.16. The Morgan fingerprint density at radius 1 is 1.04 bits per heavy atom. The highest BCUT2D eigenvalue weighted by atomic mass is 16.2. The maximum Gasteiger partial charge on any atom is 0.274 e. The summed E-state index contributed by atoms with van der Waals surface area (Å²) >= 11 is 0. The minimum atomic E-state index is -0.329. The maximum atomic E-state index is 12.3. The lowest BCUT2D eigenvalue weighted by Crippen LogP contribution is -2.31. The van der Waals surface area contributed by atoms with Crippen molar-refractivity contribution < 1.29 is 9.59 Å². The smallest absolute Gasteiger partial charge is 0.274 e. The lowest BCUT2D eigenvalue weighted by Gasteiger charge is -2.18. The number of rotatable bonds is 5. The molecule has 0 aliphatic carbocycles. The minimum Gasteiger partial charge on any atom is -0.338 e. The van der Waals surface area contributed by atoms with Gasteiger partial charge in [0, 0.05) is 18.8 Å². The number of aromatic nitrogens is 1. The molecule has 23 heavy (non-hydrogen) atoms. The third-order valence-electron chi connectivity index (χ3n) is 3.53. The summed E-state index contributed by atoms with van der Waals surface area (Å²) in [7, 11) is 0. The number of hydrogen-bond donors (Lipinski definition) is 1. The van der Waals surface area contributed by atoms with Crippen molar-refractivity contribution >= 4 is 17.5 Å². The van der Waals surface area contributed by atoms with Gasteiger partial charge in [-0.15, -0.1) is 0 Å². The lowest BCUT2D eigenvalue weighted by molar-refractivity contribution is 0.0767. The van der Waals surface area contributed by atoms with Gasteiger partial charge in [-0.05, 0) is 50.6 Å². The van der Waals surface area contributed by atoms with E-state index in [1.54, 1.807) is 23.1 Å². The first-order chi connectivity index (χ1) is 11.0. The highest BCUT2D eigenvalue weighted by molar-refractivity contribution is 6.03. The van der Waals surface area contributed by atoms with Gasteiger partial charge in [-0.2, -0.15) is 0 Å². The Labute approximate surface area is 136 Å². The fraction of sp³-hybridized carbons (Fsp3) is 0.278. The highest BCUT2D eigenvalue weighted by Crippen LogP contribution is 2.11. The number of carbonyl (C=O) groups is 2. The van der Waals surface area contributed by atoms with Crippen molar-refractivity contribution in [2.75, 3.05) is 18.4 Å². The number of hydrogen-bond acceptors (Lipinski definition) is 3. The van der Waals surface area contributed by atoms with Crippen LogP contribution in [0, 0.1) is 6.92 Å². The van der Waals surface area contributed by atoms with E-state index in [0.717, 1.165) is 5.56 Å². The summed E-state index contributed by atoms with van der Waals surface area (Å²) in [5.41, 5.74) is 2.27. The number of amides is 2. The standard InChI is InChI=1S/C18H21N3O2/c1-4-21(5-2)18(23)16-11-7-10-15(20-16)17(22)19-14-9-6-8-13(3)12-14/h6-12H,4-5H2,1-3H3,(H,19,22).